The largest absolute Gasteiger partial charge is 0.351 e. The van der Waals surface area contributed by atoms with E-state index in [0.29, 0.717) is 18.0 Å². The summed E-state index contributed by atoms with van der Waals surface area (Å²) in [6, 6.07) is 5.66. The van der Waals surface area contributed by atoms with Gasteiger partial charge in [-0.05, 0) is 24.0 Å². The Balaban J connectivity index is 2.08. The molecule has 2 aromatic heterocycles. The first-order valence-corrected chi connectivity index (χ1v) is 6.83. The second-order valence-electron chi connectivity index (χ2n) is 5.37. The molecule has 4 nitrogen and oxygen atoms in total. The van der Waals surface area contributed by atoms with Crippen molar-refractivity contribution >= 4 is 23.0 Å². The molecule has 2 heterocycles. The Labute approximate surface area is 117 Å². The van der Waals surface area contributed by atoms with E-state index in [1.54, 1.807) is 10.7 Å². The molecule has 0 unspecified atom stereocenters. The number of rotatable bonds is 5. The average Bonchev–Trinajstić information content (AvgIpc) is 2.80. The Bertz CT molecular complexity index is 577. The molecule has 0 atom stereocenters. The molecule has 0 aliphatic heterocycles. The van der Waals surface area contributed by atoms with Crippen molar-refractivity contribution in [1.82, 2.24) is 14.9 Å². The van der Waals surface area contributed by atoms with Crippen LogP contribution in [0.3, 0.4) is 0 Å². The molecule has 1 N–H and O–H groups in total. The van der Waals surface area contributed by atoms with Crippen molar-refractivity contribution in [1.29, 1.82) is 0 Å². The van der Waals surface area contributed by atoms with Crippen LogP contribution in [0.5, 0.6) is 0 Å². The van der Waals surface area contributed by atoms with E-state index in [1.165, 1.54) is 0 Å². The Morgan fingerprint density at radius 1 is 1.47 bits per heavy atom. The van der Waals surface area contributed by atoms with Gasteiger partial charge in [-0.1, -0.05) is 19.9 Å². The highest BCUT2D eigenvalue weighted by molar-refractivity contribution is 6.17. The fourth-order valence-electron chi connectivity index (χ4n) is 1.87. The van der Waals surface area contributed by atoms with Crippen molar-refractivity contribution in [2.45, 2.75) is 20.3 Å². The minimum absolute atomic E-state index is 0.000375. The molecule has 0 fully saturated rings. The fourth-order valence-corrected chi connectivity index (χ4v) is 2.38. The summed E-state index contributed by atoms with van der Waals surface area (Å²) in [6.45, 7) is 4.78. The first-order valence-electron chi connectivity index (χ1n) is 6.30. The maximum absolute atomic E-state index is 12.2. The molecule has 2 rings (SSSR count). The van der Waals surface area contributed by atoms with Gasteiger partial charge < -0.3 is 5.32 Å². The molecule has 0 saturated carbocycles. The summed E-state index contributed by atoms with van der Waals surface area (Å²) < 4.78 is 1.69. The van der Waals surface area contributed by atoms with Gasteiger partial charge in [-0.3, -0.25) is 4.79 Å². The van der Waals surface area contributed by atoms with Gasteiger partial charge in [0, 0.05) is 18.6 Å². The third-order valence-corrected chi connectivity index (χ3v) is 3.36. The zero-order valence-corrected chi connectivity index (χ0v) is 11.9. The van der Waals surface area contributed by atoms with Crippen molar-refractivity contribution in [2.24, 2.45) is 5.41 Å². The number of carbonyl (C=O) groups is 1. The van der Waals surface area contributed by atoms with Crippen molar-refractivity contribution in [3.63, 3.8) is 0 Å². The van der Waals surface area contributed by atoms with Crippen LogP contribution in [0.15, 0.2) is 30.6 Å². The van der Waals surface area contributed by atoms with Crippen LogP contribution in [0.1, 0.15) is 30.6 Å². The predicted octanol–water partition coefficient (Wildman–Crippen LogP) is 2.72. The number of hydrogen-bond acceptors (Lipinski definition) is 2. The Hall–Kier alpha value is -1.55. The van der Waals surface area contributed by atoms with Crippen molar-refractivity contribution in [2.75, 3.05) is 12.4 Å². The van der Waals surface area contributed by atoms with E-state index >= 15 is 0 Å². The van der Waals surface area contributed by atoms with Gasteiger partial charge in [0.2, 0.25) is 0 Å². The monoisotopic (exact) mass is 279 g/mol. The van der Waals surface area contributed by atoms with Gasteiger partial charge in [0.1, 0.15) is 0 Å². The number of fused-ring (bicyclic) bond motifs is 1. The highest BCUT2D eigenvalue weighted by atomic mass is 35.5. The smallest absolute Gasteiger partial charge is 0.255 e. The normalized spacial score (nSPS) is 11.7. The maximum Gasteiger partial charge on any atom is 0.255 e. The van der Waals surface area contributed by atoms with Crippen LogP contribution in [0.4, 0.5) is 0 Å². The second kappa shape index (κ2) is 5.61. The average molecular weight is 280 g/mol. The minimum Gasteiger partial charge on any atom is -0.351 e. The predicted molar refractivity (Wildman–Crippen MR) is 76.6 cm³/mol. The molecule has 0 radical (unpaired) electrons. The van der Waals surface area contributed by atoms with Gasteiger partial charge in [0.25, 0.3) is 5.91 Å². The van der Waals surface area contributed by atoms with Crippen molar-refractivity contribution in [3.05, 3.63) is 36.2 Å². The first kappa shape index (κ1) is 13.9. The highest BCUT2D eigenvalue weighted by Gasteiger charge is 2.19. The topological polar surface area (TPSA) is 46.4 Å². The van der Waals surface area contributed by atoms with Crippen LogP contribution in [-0.2, 0) is 0 Å². The van der Waals surface area contributed by atoms with Crippen LogP contribution in [0, 0.1) is 5.41 Å². The molecule has 0 bridgehead atoms. The molecule has 5 heteroatoms. The summed E-state index contributed by atoms with van der Waals surface area (Å²) in [6.07, 6.45) is 4.28. The Morgan fingerprint density at radius 2 is 2.26 bits per heavy atom. The van der Waals surface area contributed by atoms with Gasteiger partial charge in [0.05, 0.1) is 17.3 Å². The highest BCUT2D eigenvalue weighted by Crippen LogP contribution is 2.20. The van der Waals surface area contributed by atoms with Crippen LogP contribution >= 0.6 is 11.6 Å². The van der Waals surface area contributed by atoms with Crippen LogP contribution in [0.25, 0.3) is 5.52 Å². The van der Waals surface area contributed by atoms with E-state index in [0.717, 1.165) is 11.9 Å². The molecule has 102 valence electrons. The molecule has 2 aromatic rings. The number of hydrogen-bond donors (Lipinski definition) is 1. The summed E-state index contributed by atoms with van der Waals surface area (Å²) in [4.78, 5) is 12.2. The van der Waals surface area contributed by atoms with Crippen LogP contribution < -0.4 is 5.32 Å². The number of amides is 1. The molecule has 1 amide bonds. The molecule has 0 aromatic carbocycles. The lowest BCUT2D eigenvalue weighted by Gasteiger charge is -2.23. The number of nitrogens with zero attached hydrogens (tertiary/aromatic N) is 2. The lowest BCUT2D eigenvalue weighted by molar-refractivity contribution is 0.0937. The lowest BCUT2D eigenvalue weighted by Crippen LogP contribution is -2.34. The van der Waals surface area contributed by atoms with Gasteiger partial charge in [0.15, 0.2) is 0 Å². The quantitative estimate of drug-likeness (QED) is 0.856. The van der Waals surface area contributed by atoms with E-state index in [4.69, 9.17) is 11.6 Å². The molecule has 0 aliphatic carbocycles. The van der Waals surface area contributed by atoms with Crippen LogP contribution in [-0.4, -0.2) is 27.9 Å². The van der Waals surface area contributed by atoms with Gasteiger partial charge in [-0.15, -0.1) is 11.6 Å². The summed E-state index contributed by atoms with van der Waals surface area (Å²) in [5.41, 5.74) is 1.41. The standard InChI is InChI=1S/C14H18ClN3O/c1-14(2,6-7-15)10-16-13(19)11-9-17-18-8-4-3-5-12(11)18/h3-5,8-9H,6-7,10H2,1-2H3,(H,16,19). The SMILES string of the molecule is CC(C)(CCCl)CNC(=O)c1cnn2ccccc12. The zero-order chi connectivity index (χ0) is 13.9. The lowest BCUT2D eigenvalue weighted by atomic mass is 9.90. The van der Waals surface area contributed by atoms with E-state index in [-0.39, 0.29) is 11.3 Å². The van der Waals surface area contributed by atoms with E-state index in [2.05, 4.69) is 24.3 Å². The first-order chi connectivity index (χ1) is 9.03. The molecule has 0 spiro atoms. The van der Waals surface area contributed by atoms with Crippen LogP contribution in [0.2, 0.25) is 0 Å². The number of aromatic nitrogens is 2. The molecule has 0 aliphatic rings. The summed E-state index contributed by atoms with van der Waals surface area (Å²) >= 11 is 5.75. The number of nitrogens with one attached hydrogen (secondary N) is 1. The minimum atomic E-state index is -0.0937. The van der Waals surface area contributed by atoms with Crippen molar-refractivity contribution in [3.8, 4) is 0 Å². The molecular formula is C14H18ClN3O. The summed E-state index contributed by atoms with van der Waals surface area (Å²) in [7, 11) is 0. The van der Waals surface area contributed by atoms with Gasteiger partial charge >= 0.3 is 0 Å². The number of carbonyl (C=O) groups excluding carboxylic acids is 1. The maximum atomic E-state index is 12.2. The van der Waals surface area contributed by atoms with E-state index < -0.39 is 0 Å². The fraction of sp³-hybridized carbons (Fsp3) is 0.429. The van der Waals surface area contributed by atoms with Gasteiger partial charge in [-0.2, -0.15) is 5.10 Å². The molecule has 0 saturated heterocycles. The number of alkyl halides is 1. The summed E-state index contributed by atoms with van der Waals surface area (Å²) in [5.74, 6) is 0.503. The third kappa shape index (κ3) is 3.26. The Morgan fingerprint density at radius 3 is 3.00 bits per heavy atom. The Kier molecular flexibility index (Phi) is 4.10. The zero-order valence-electron chi connectivity index (χ0n) is 11.2. The van der Waals surface area contributed by atoms with Crippen molar-refractivity contribution < 1.29 is 4.79 Å². The van der Waals surface area contributed by atoms with Gasteiger partial charge in [-0.25, -0.2) is 4.52 Å². The molecule has 19 heavy (non-hydrogen) atoms. The van der Waals surface area contributed by atoms with E-state index in [1.807, 2.05) is 24.4 Å². The number of halogens is 1. The third-order valence-electron chi connectivity index (χ3n) is 3.17. The second-order valence-corrected chi connectivity index (χ2v) is 5.75. The molecular weight excluding hydrogens is 262 g/mol. The number of pyridine rings is 1. The summed E-state index contributed by atoms with van der Waals surface area (Å²) in [5, 5.41) is 7.11. The van der Waals surface area contributed by atoms with E-state index in [9.17, 15) is 4.79 Å².